The van der Waals surface area contributed by atoms with E-state index in [4.69, 9.17) is 9.47 Å². The standard InChI is InChI=1S/C28H32N2O6/c1-35-22-8-4-2-6-17(22)12-14-30(28(34)18-10-11-18)21-16-20(27(33)29-13-15-31)24-19-7-3-5-9-23(19)36-26(24)25(21)32/h2-9,16,18,21,24-26,31-32H,10-15H2,1H3,(H,29,33). The average molecular weight is 493 g/mol. The molecule has 5 rings (SSSR count). The summed E-state index contributed by atoms with van der Waals surface area (Å²) in [6.07, 6.45) is 2.21. The molecule has 36 heavy (non-hydrogen) atoms. The third-order valence-electron chi connectivity index (χ3n) is 7.26. The molecule has 2 amide bonds. The SMILES string of the molecule is COc1ccccc1CCN(C(=O)C1CC1)C1C=C(C(=O)NCCO)C2c3ccccc3OC2C1O. The molecule has 0 radical (unpaired) electrons. The summed E-state index contributed by atoms with van der Waals surface area (Å²) in [7, 11) is 1.62. The number of aliphatic hydroxyl groups excluding tert-OH is 2. The van der Waals surface area contributed by atoms with Crippen LogP contribution in [0.2, 0.25) is 0 Å². The number of aliphatic hydroxyl groups is 2. The fourth-order valence-electron chi connectivity index (χ4n) is 5.31. The topological polar surface area (TPSA) is 108 Å². The molecule has 0 saturated heterocycles. The van der Waals surface area contributed by atoms with Gasteiger partial charge in [0.15, 0.2) is 0 Å². The summed E-state index contributed by atoms with van der Waals surface area (Å²) in [6.45, 7) is 0.295. The molecule has 1 fully saturated rings. The van der Waals surface area contributed by atoms with E-state index >= 15 is 0 Å². The molecule has 0 aromatic heterocycles. The van der Waals surface area contributed by atoms with Gasteiger partial charge in [0.1, 0.15) is 23.7 Å². The number of nitrogens with one attached hydrogen (secondary N) is 1. The number of nitrogens with zero attached hydrogens (tertiary/aromatic N) is 1. The van der Waals surface area contributed by atoms with Gasteiger partial charge in [0.05, 0.1) is 25.7 Å². The lowest BCUT2D eigenvalue weighted by Gasteiger charge is -2.41. The van der Waals surface area contributed by atoms with E-state index in [0.717, 1.165) is 29.7 Å². The normalized spacial score (nSPS) is 24.1. The van der Waals surface area contributed by atoms with Gasteiger partial charge in [-0.15, -0.1) is 0 Å². The van der Waals surface area contributed by atoms with Crippen molar-refractivity contribution < 1.29 is 29.3 Å². The molecular formula is C28H32N2O6. The van der Waals surface area contributed by atoms with Crippen LogP contribution in [-0.4, -0.2) is 72.0 Å². The Balaban J connectivity index is 1.50. The number of para-hydroxylation sites is 2. The van der Waals surface area contributed by atoms with Crippen molar-refractivity contribution in [2.45, 2.75) is 43.4 Å². The maximum absolute atomic E-state index is 13.5. The zero-order chi connectivity index (χ0) is 25.2. The van der Waals surface area contributed by atoms with Gasteiger partial charge in [0.25, 0.3) is 0 Å². The first-order valence-corrected chi connectivity index (χ1v) is 12.5. The van der Waals surface area contributed by atoms with Crippen LogP contribution >= 0.6 is 0 Å². The lowest BCUT2D eigenvalue weighted by atomic mass is 9.77. The van der Waals surface area contributed by atoms with Crippen LogP contribution in [0.25, 0.3) is 0 Å². The van der Waals surface area contributed by atoms with E-state index in [0.29, 0.717) is 24.3 Å². The molecule has 1 saturated carbocycles. The first-order valence-electron chi connectivity index (χ1n) is 12.5. The summed E-state index contributed by atoms with van der Waals surface area (Å²) in [5.74, 6) is 0.499. The number of hydrogen-bond acceptors (Lipinski definition) is 6. The number of benzene rings is 2. The molecular weight excluding hydrogens is 460 g/mol. The van der Waals surface area contributed by atoms with Crippen molar-refractivity contribution in [3.63, 3.8) is 0 Å². The zero-order valence-electron chi connectivity index (χ0n) is 20.3. The highest BCUT2D eigenvalue weighted by molar-refractivity contribution is 5.96. The minimum absolute atomic E-state index is 0.0192. The molecule has 1 heterocycles. The molecule has 0 bridgehead atoms. The van der Waals surface area contributed by atoms with Gasteiger partial charge in [-0.1, -0.05) is 36.4 Å². The van der Waals surface area contributed by atoms with Crippen molar-refractivity contribution >= 4 is 11.8 Å². The molecule has 4 atom stereocenters. The molecule has 4 unspecified atom stereocenters. The predicted octanol–water partition coefficient (Wildman–Crippen LogP) is 1.80. The van der Waals surface area contributed by atoms with Gasteiger partial charge in [0.2, 0.25) is 11.8 Å². The maximum atomic E-state index is 13.5. The van der Waals surface area contributed by atoms with E-state index in [9.17, 15) is 19.8 Å². The average Bonchev–Trinajstić information content (AvgIpc) is 3.68. The Morgan fingerprint density at radius 1 is 1.14 bits per heavy atom. The van der Waals surface area contributed by atoms with Crippen molar-refractivity contribution in [2.75, 3.05) is 26.8 Å². The second kappa shape index (κ2) is 10.3. The molecule has 2 aromatic rings. The van der Waals surface area contributed by atoms with Crippen molar-refractivity contribution in [3.8, 4) is 11.5 Å². The van der Waals surface area contributed by atoms with Crippen LogP contribution in [-0.2, 0) is 16.0 Å². The Bertz CT molecular complexity index is 1160. The molecule has 8 nitrogen and oxygen atoms in total. The monoisotopic (exact) mass is 492 g/mol. The Morgan fingerprint density at radius 2 is 1.89 bits per heavy atom. The predicted molar refractivity (Wildman–Crippen MR) is 133 cm³/mol. The highest BCUT2D eigenvalue weighted by Crippen LogP contribution is 2.47. The number of hydrogen-bond donors (Lipinski definition) is 3. The first-order chi connectivity index (χ1) is 17.5. The Labute approximate surface area is 210 Å². The summed E-state index contributed by atoms with van der Waals surface area (Å²) in [4.78, 5) is 28.4. The van der Waals surface area contributed by atoms with Crippen LogP contribution < -0.4 is 14.8 Å². The molecule has 3 aliphatic rings. The summed E-state index contributed by atoms with van der Waals surface area (Å²) >= 11 is 0. The van der Waals surface area contributed by atoms with Crippen molar-refractivity contribution in [1.29, 1.82) is 0 Å². The van der Waals surface area contributed by atoms with Gasteiger partial charge < -0.3 is 29.9 Å². The van der Waals surface area contributed by atoms with E-state index in [2.05, 4.69) is 5.32 Å². The minimum Gasteiger partial charge on any atom is -0.496 e. The van der Waals surface area contributed by atoms with Crippen molar-refractivity contribution in [2.24, 2.45) is 5.92 Å². The van der Waals surface area contributed by atoms with Gasteiger partial charge in [-0.3, -0.25) is 9.59 Å². The number of fused-ring (bicyclic) bond motifs is 3. The first kappa shape index (κ1) is 24.3. The van der Waals surface area contributed by atoms with Crippen LogP contribution in [0.4, 0.5) is 0 Å². The smallest absolute Gasteiger partial charge is 0.247 e. The minimum atomic E-state index is -1.02. The summed E-state index contributed by atoms with van der Waals surface area (Å²) in [6, 6.07) is 14.4. The molecule has 2 aliphatic carbocycles. The molecule has 0 spiro atoms. The van der Waals surface area contributed by atoms with Crippen LogP contribution in [0.5, 0.6) is 11.5 Å². The van der Waals surface area contributed by atoms with Crippen LogP contribution in [0.15, 0.2) is 60.2 Å². The molecule has 3 N–H and O–H groups in total. The van der Waals surface area contributed by atoms with Crippen molar-refractivity contribution in [1.82, 2.24) is 10.2 Å². The fraction of sp³-hybridized carbons (Fsp3) is 0.429. The quantitative estimate of drug-likeness (QED) is 0.493. The van der Waals surface area contributed by atoms with E-state index < -0.39 is 24.2 Å². The van der Waals surface area contributed by atoms with Gasteiger partial charge in [-0.2, -0.15) is 0 Å². The number of ether oxygens (including phenoxy) is 2. The van der Waals surface area contributed by atoms with Gasteiger partial charge in [-0.25, -0.2) is 0 Å². The number of rotatable bonds is 9. The highest BCUT2D eigenvalue weighted by atomic mass is 16.5. The lowest BCUT2D eigenvalue weighted by Crippen LogP contribution is -2.56. The van der Waals surface area contributed by atoms with E-state index in [1.165, 1.54) is 0 Å². The number of carbonyl (C=O) groups excluding carboxylic acids is 2. The third-order valence-corrected chi connectivity index (χ3v) is 7.26. The summed E-state index contributed by atoms with van der Waals surface area (Å²) in [5.41, 5.74) is 2.24. The van der Waals surface area contributed by atoms with E-state index in [1.807, 2.05) is 48.5 Å². The fourth-order valence-corrected chi connectivity index (χ4v) is 5.31. The second-order valence-electron chi connectivity index (χ2n) is 9.55. The maximum Gasteiger partial charge on any atom is 0.247 e. The largest absolute Gasteiger partial charge is 0.496 e. The molecule has 8 heteroatoms. The van der Waals surface area contributed by atoms with Gasteiger partial charge >= 0.3 is 0 Å². The Hall–Kier alpha value is -3.36. The van der Waals surface area contributed by atoms with Crippen LogP contribution in [0.3, 0.4) is 0 Å². The van der Waals surface area contributed by atoms with Crippen molar-refractivity contribution in [3.05, 3.63) is 71.3 Å². The second-order valence-corrected chi connectivity index (χ2v) is 9.55. The van der Waals surface area contributed by atoms with Crippen LogP contribution in [0, 0.1) is 5.92 Å². The van der Waals surface area contributed by atoms with Crippen LogP contribution in [0.1, 0.15) is 29.9 Å². The van der Waals surface area contributed by atoms with Gasteiger partial charge in [-0.05, 0) is 43.0 Å². The number of amides is 2. The molecule has 2 aromatic carbocycles. The van der Waals surface area contributed by atoms with Gasteiger partial charge in [0, 0.05) is 30.1 Å². The van der Waals surface area contributed by atoms with E-state index in [-0.39, 0.29) is 30.9 Å². The third kappa shape index (κ3) is 4.58. The lowest BCUT2D eigenvalue weighted by molar-refractivity contribution is -0.138. The summed E-state index contributed by atoms with van der Waals surface area (Å²) in [5, 5.41) is 23.5. The zero-order valence-corrected chi connectivity index (χ0v) is 20.3. The number of methoxy groups -OCH3 is 1. The van der Waals surface area contributed by atoms with E-state index in [1.54, 1.807) is 18.1 Å². The highest BCUT2D eigenvalue weighted by Gasteiger charge is 2.51. The molecule has 190 valence electrons. The molecule has 1 aliphatic heterocycles. The number of carbonyl (C=O) groups is 2. The Kier molecular flexibility index (Phi) is 6.98. The Morgan fingerprint density at radius 3 is 2.64 bits per heavy atom. The summed E-state index contributed by atoms with van der Waals surface area (Å²) < 4.78 is 11.7.